The van der Waals surface area contributed by atoms with E-state index in [4.69, 9.17) is 11.5 Å². The second-order valence-corrected chi connectivity index (χ2v) is 1.93. The Morgan fingerprint density at radius 3 is 2.12 bits per heavy atom. The summed E-state index contributed by atoms with van der Waals surface area (Å²) in [4.78, 5) is 0. The van der Waals surface area contributed by atoms with Crippen molar-refractivity contribution in [2.45, 2.75) is 19.6 Å². The minimum Gasteiger partial charge on any atom is -0.405 e. The van der Waals surface area contributed by atoms with E-state index in [2.05, 4.69) is 0 Å². The lowest BCUT2D eigenvalue weighted by molar-refractivity contribution is 0.250. The van der Waals surface area contributed by atoms with Gasteiger partial charge in [-0.2, -0.15) is 0 Å². The van der Waals surface area contributed by atoms with Gasteiger partial charge in [-0.15, -0.1) is 0 Å². The first-order valence-electron chi connectivity index (χ1n) is 2.35. The van der Waals surface area contributed by atoms with Crippen LogP contribution in [0.1, 0.15) is 13.8 Å². The highest BCUT2D eigenvalue weighted by atomic mass is 19.1. The highest BCUT2D eigenvalue weighted by molar-refractivity contribution is 5.07. The molecule has 4 N–H and O–H groups in total. The molecule has 2 nitrogen and oxygen atoms in total. The zero-order chi connectivity index (χ0) is 6.78. The third-order valence-electron chi connectivity index (χ3n) is 1.02. The van der Waals surface area contributed by atoms with Crippen molar-refractivity contribution in [2.24, 2.45) is 11.5 Å². The molecule has 0 aliphatic carbocycles. The Hall–Kier alpha value is -0.570. The summed E-state index contributed by atoms with van der Waals surface area (Å²) in [6.45, 7) is 2.80. The van der Waals surface area contributed by atoms with Crippen LogP contribution in [-0.4, -0.2) is 5.79 Å². The molecule has 1 atom stereocenters. The zero-order valence-electron chi connectivity index (χ0n) is 5.11. The predicted molar refractivity (Wildman–Crippen MR) is 31.6 cm³/mol. The zero-order valence-corrected chi connectivity index (χ0v) is 5.11. The predicted octanol–water partition coefficient (Wildman–Crippen LogP) is 0.493. The quantitative estimate of drug-likeness (QED) is 0.492. The molecule has 0 fully saturated rings. The van der Waals surface area contributed by atoms with Crippen LogP contribution < -0.4 is 11.5 Å². The molecule has 0 spiro atoms. The van der Waals surface area contributed by atoms with Gasteiger partial charge in [0, 0.05) is 0 Å². The molecule has 3 heteroatoms. The van der Waals surface area contributed by atoms with E-state index in [0.717, 1.165) is 0 Å². The van der Waals surface area contributed by atoms with Gasteiger partial charge in [0.1, 0.15) is 0 Å². The minimum atomic E-state index is -1.76. The second-order valence-electron chi connectivity index (χ2n) is 1.93. The van der Waals surface area contributed by atoms with Crippen molar-refractivity contribution in [3.05, 3.63) is 11.8 Å². The van der Waals surface area contributed by atoms with Crippen LogP contribution in [0.3, 0.4) is 0 Å². The first-order valence-corrected chi connectivity index (χ1v) is 2.35. The number of rotatable bonds is 1. The molecule has 0 rings (SSSR count). The van der Waals surface area contributed by atoms with Gasteiger partial charge in [-0.25, -0.2) is 4.39 Å². The van der Waals surface area contributed by atoms with Gasteiger partial charge in [0.25, 0.3) is 0 Å². The van der Waals surface area contributed by atoms with E-state index < -0.39 is 5.79 Å². The van der Waals surface area contributed by atoms with Crippen molar-refractivity contribution in [3.63, 3.8) is 0 Å². The molecule has 1 unspecified atom stereocenters. The standard InChI is InChI=1S/C5H11FN2/c1-4(3-7)5(2,6)8/h3H,7-8H2,1-2H3/b4-3+. The van der Waals surface area contributed by atoms with E-state index in [9.17, 15) is 4.39 Å². The monoisotopic (exact) mass is 118 g/mol. The van der Waals surface area contributed by atoms with Gasteiger partial charge < -0.3 is 5.73 Å². The summed E-state index contributed by atoms with van der Waals surface area (Å²) in [7, 11) is 0. The van der Waals surface area contributed by atoms with Crippen LogP contribution in [0.15, 0.2) is 11.8 Å². The summed E-state index contributed by atoms with van der Waals surface area (Å²) in [5.74, 6) is -1.76. The Morgan fingerprint density at radius 2 is 2.12 bits per heavy atom. The molecule has 0 amide bonds. The maximum atomic E-state index is 12.4. The molecular weight excluding hydrogens is 107 g/mol. The Balaban J connectivity index is 4.03. The van der Waals surface area contributed by atoms with Crippen LogP contribution in [0.5, 0.6) is 0 Å². The maximum absolute atomic E-state index is 12.4. The molecule has 0 aromatic carbocycles. The van der Waals surface area contributed by atoms with Crippen molar-refractivity contribution < 1.29 is 4.39 Å². The van der Waals surface area contributed by atoms with E-state index in [0.29, 0.717) is 5.57 Å². The van der Waals surface area contributed by atoms with Crippen LogP contribution in [-0.2, 0) is 0 Å². The van der Waals surface area contributed by atoms with Gasteiger partial charge >= 0.3 is 0 Å². The van der Waals surface area contributed by atoms with Gasteiger partial charge in [0.2, 0.25) is 0 Å². The Labute approximate surface area is 48.4 Å². The molecule has 0 aliphatic heterocycles. The molecule has 0 radical (unpaired) electrons. The fourth-order valence-corrected chi connectivity index (χ4v) is 0.163. The van der Waals surface area contributed by atoms with Crippen molar-refractivity contribution in [1.82, 2.24) is 0 Å². The number of nitrogens with two attached hydrogens (primary N) is 2. The molecule has 0 aromatic rings. The average Bonchev–Trinajstić information content (AvgIpc) is 1.62. The SMILES string of the molecule is C/C(=C\N)C(C)(N)F. The van der Waals surface area contributed by atoms with Crippen LogP contribution in [0.4, 0.5) is 4.39 Å². The highest BCUT2D eigenvalue weighted by Gasteiger charge is 2.17. The first-order chi connectivity index (χ1) is 3.48. The molecular formula is C5H11FN2. The van der Waals surface area contributed by atoms with Crippen molar-refractivity contribution >= 4 is 0 Å². The van der Waals surface area contributed by atoms with E-state index in [-0.39, 0.29) is 0 Å². The molecule has 0 aliphatic rings. The van der Waals surface area contributed by atoms with E-state index in [1.165, 1.54) is 13.1 Å². The Kier molecular flexibility index (Phi) is 1.98. The summed E-state index contributed by atoms with van der Waals surface area (Å²) in [5, 5.41) is 0. The normalized spacial score (nSPS) is 20.2. The van der Waals surface area contributed by atoms with Gasteiger partial charge in [-0.1, -0.05) is 0 Å². The molecule has 0 bridgehead atoms. The molecule has 0 heterocycles. The van der Waals surface area contributed by atoms with Gasteiger partial charge in [-0.3, -0.25) is 5.73 Å². The summed E-state index contributed by atoms with van der Waals surface area (Å²) in [6, 6.07) is 0. The third-order valence-corrected chi connectivity index (χ3v) is 1.02. The lowest BCUT2D eigenvalue weighted by atomic mass is 10.1. The van der Waals surface area contributed by atoms with E-state index >= 15 is 0 Å². The summed E-state index contributed by atoms with van der Waals surface area (Å²) in [6.07, 6.45) is 1.17. The van der Waals surface area contributed by atoms with Crippen molar-refractivity contribution in [3.8, 4) is 0 Å². The molecule has 8 heavy (non-hydrogen) atoms. The van der Waals surface area contributed by atoms with E-state index in [1.807, 2.05) is 0 Å². The smallest absolute Gasteiger partial charge is 0.179 e. The molecule has 0 saturated heterocycles. The summed E-state index contributed by atoms with van der Waals surface area (Å²) in [5.41, 5.74) is 10.3. The van der Waals surface area contributed by atoms with Gasteiger partial charge in [0.15, 0.2) is 5.79 Å². The third kappa shape index (κ3) is 1.93. The van der Waals surface area contributed by atoms with Crippen molar-refractivity contribution in [1.29, 1.82) is 0 Å². The van der Waals surface area contributed by atoms with Crippen LogP contribution in [0.2, 0.25) is 0 Å². The lowest BCUT2D eigenvalue weighted by Crippen LogP contribution is -2.31. The fraction of sp³-hybridized carbons (Fsp3) is 0.600. The summed E-state index contributed by atoms with van der Waals surface area (Å²) < 4.78 is 12.4. The molecule has 0 aromatic heterocycles. The number of hydrogen-bond donors (Lipinski definition) is 2. The Bertz CT molecular complexity index is 101. The van der Waals surface area contributed by atoms with Crippen LogP contribution >= 0.6 is 0 Å². The first kappa shape index (κ1) is 7.43. The highest BCUT2D eigenvalue weighted by Crippen LogP contribution is 2.11. The van der Waals surface area contributed by atoms with Gasteiger partial charge in [0.05, 0.1) is 0 Å². The average molecular weight is 118 g/mol. The topological polar surface area (TPSA) is 52.0 Å². The molecule has 0 saturated carbocycles. The summed E-state index contributed by atoms with van der Waals surface area (Å²) >= 11 is 0. The van der Waals surface area contributed by atoms with Gasteiger partial charge in [-0.05, 0) is 25.6 Å². The number of hydrogen-bond acceptors (Lipinski definition) is 2. The molecule has 48 valence electrons. The number of alkyl halides is 1. The minimum absolute atomic E-state index is 0.345. The number of halogens is 1. The second kappa shape index (κ2) is 2.13. The van der Waals surface area contributed by atoms with E-state index in [1.54, 1.807) is 6.92 Å². The van der Waals surface area contributed by atoms with Crippen molar-refractivity contribution in [2.75, 3.05) is 0 Å². The van der Waals surface area contributed by atoms with Crippen LogP contribution in [0, 0.1) is 0 Å². The lowest BCUT2D eigenvalue weighted by Gasteiger charge is -2.12. The maximum Gasteiger partial charge on any atom is 0.179 e. The largest absolute Gasteiger partial charge is 0.405 e. The Morgan fingerprint density at radius 1 is 1.75 bits per heavy atom. The fourth-order valence-electron chi connectivity index (χ4n) is 0.163. The van der Waals surface area contributed by atoms with Crippen LogP contribution in [0.25, 0.3) is 0 Å².